The zero-order valence-corrected chi connectivity index (χ0v) is 12.8. The highest BCUT2D eigenvalue weighted by molar-refractivity contribution is 7.89. The summed E-state index contributed by atoms with van der Waals surface area (Å²) in [6.07, 6.45) is 3.03. The van der Waals surface area contributed by atoms with E-state index in [0.29, 0.717) is 18.8 Å². The molecule has 7 heteroatoms. The van der Waals surface area contributed by atoms with E-state index < -0.39 is 21.5 Å². The molecule has 0 radical (unpaired) electrons. The fourth-order valence-electron chi connectivity index (χ4n) is 2.35. The van der Waals surface area contributed by atoms with Gasteiger partial charge in [0.1, 0.15) is 5.54 Å². The number of nitriles is 1. The topological polar surface area (TPSA) is 96.3 Å². The van der Waals surface area contributed by atoms with Crippen molar-refractivity contribution in [3.8, 4) is 6.07 Å². The van der Waals surface area contributed by atoms with E-state index in [1.54, 1.807) is 0 Å². The molecular weight excluding hydrogens is 280 g/mol. The van der Waals surface area contributed by atoms with Gasteiger partial charge in [-0.15, -0.1) is 0 Å². The molecule has 1 aliphatic rings. The van der Waals surface area contributed by atoms with E-state index >= 15 is 0 Å². The zero-order chi connectivity index (χ0) is 15.2. The maximum absolute atomic E-state index is 12.0. The van der Waals surface area contributed by atoms with Crippen LogP contribution in [0.25, 0.3) is 0 Å². The minimum atomic E-state index is -3.55. The standard InChI is InChI=1S/C13H22N2O4S/c1-11-5-7-13(10-14,8-6-11)15-20(17,18)9-3-4-12(16)19-2/h11,15H,3-9H2,1-2H3. The van der Waals surface area contributed by atoms with Gasteiger partial charge < -0.3 is 4.74 Å². The van der Waals surface area contributed by atoms with Crippen LogP contribution in [-0.2, 0) is 19.6 Å². The average molecular weight is 302 g/mol. The van der Waals surface area contributed by atoms with Gasteiger partial charge in [-0.1, -0.05) is 6.92 Å². The number of carbonyl (C=O) groups excluding carboxylic acids is 1. The van der Waals surface area contributed by atoms with Crippen LogP contribution in [0.2, 0.25) is 0 Å². The molecule has 0 heterocycles. The smallest absolute Gasteiger partial charge is 0.305 e. The summed E-state index contributed by atoms with van der Waals surface area (Å²) in [5.74, 6) is -0.0665. The minimum Gasteiger partial charge on any atom is -0.469 e. The Labute approximate surface area is 120 Å². The molecule has 1 rings (SSSR count). The maximum Gasteiger partial charge on any atom is 0.305 e. The van der Waals surface area contributed by atoms with E-state index in [9.17, 15) is 18.5 Å². The van der Waals surface area contributed by atoms with Gasteiger partial charge in [0.05, 0.1) is 18.9 Å². The number of esters is 1. The third kappa shape index (κ3) is 5.10. The van der Waals surface area contributed by atoms with Crippen molar-refractivity contribution in [2.45, 2.75) is 51.0 Å². The quantitative estimate of drug-likeness (QED) is 0.747. The molecule has 1 N–H and O–H groups in total. The first kappa shape index (κ1) is 16.9. The Bertz CT molecular complexity index is 473. The van der Waals surface area contributed by atoms with Gasteiger partial charge in [-0.2, -0.15) is 9.98 Å². The molecule has 0 bridgehead atoms. The normalized spacial score (nSPS) is 26.8. The number of carbonyl (C=O) groups is 1. The Balaban J connectivity index is 2.56. The molecule has 0 atom stereocenters. The SMILES string of the molecule is COC(=O)CCCS(=O)(=O)NC1(C#N)CCC(C)CC1. The Hall–Kier alpha value is -1.13. The fourth-order valence-corrected chi connectivity index (χ4v) is 3.82. The summed E-state index contributed by atoms with van der Waals surface area (Å²) in [5.41, 5.74) is -0.976. The molecule has 0 aromatic carbocycles. The molecule has 0 aromatic heterocycles. The number of hydrogen-bond donors (Lipinski definition) is 1. The van der Waals surface area contributed by atoms with Gasteiger partial charge in [-0.05, 0) is 38.0 Å². The fraction of sp³-hybridized carbons (Fsp3) is 0.846. The van der Waals surface area contributed by atoms with Crippen LogP contribution < -0.4 is 4.72 Å². The summed E-state index contributed by atoms with van der Waals surface area (Å²) in [4.78, 5) is 11.0. The van der Waals surface area contributed by atoms with Crippen LogP contribution in [0.1, 0.15) is 45.4 Å². The molecule has 20 heavy (non-hydrogen) atoms. The van der Waals surface area contributed by atoms with Crippen LogP contribution in [0.4, 0.5) is 0 Å². The van der Waals surface area contributed by atoms with Crippen molar-refractivity contribution >= 4 is 16.0 Å². The number of sulfonamides is 1. The van der Waals surface area contributed by atoms with E-state index in [-0.39, 0.29) is 18.6 Å². The minimum absolute atomic E-state index is 0.0635. The number of nitrogens with one attached hydrogen (secondary N) is 1. The summed E-state index contributed by atoms with van der Waals surface area (Å²) < 4.78 is 31.0. The zero-order valence-electron chi connectivity index (χ0n) is 12.0. The lowest BCUT2D eigenvalue weighted by Gasteiger charge is -2.34. The van der Waals surface area contributed by atoms with Crippen LogP contribution in [0, 0.1) is 17.2 Å². The van der Waals surface area contributed by atoms with Crippen molar-refractivity contribution in [2.24, 2.45) is 5.92 Å². The summed E-state index contributed by atoms with van der Waals surface area (Å²) in [7, 11) is -2.29. The van der Waals surface area contributed by atoms with Gasteiger partial charge >= 0.3 is 5.97 Å². The monoisotopic (exact) mass is 302 g/mol. The van der Waals surface area contributed by atoms with Crippen molar-refractivity contribution in [3.05, 3.63) is 0 Å². The molecule has 1 saturated carbocycles. The second-order valence-corrected chi connectivity index (χ2v) is 7.32. The van der Waals surface area contributed by atoms with Crippen LogP contribution >= 0.6 is 0 Å². The first-order valence-electron chi connectivity index (χ1n) is 6.82. The second-order valence-electron chi connectivity index (χ2n) is 5.48. The van der Waals surface area contributed by atoms with Gasteiger partial charge in [0.25, 0.3) is 0 Å². The van der Waals surface area contributed by atoms with E-state index in [4.69, 9.17) is 0 Å². The Morgan fingerprint density at radius 1 is 1.45 bits per heavy atom. The summed E-state index contributed by atoms with van der Waals surface area (Å²) in [5, 5.41) is 9.29. The van der Waals surface area contributed by atoms with Crippen LogP contribution in [0.15, 0.2) is 0 Å². The van der Waals surface area contributed by atoms with Gasteiger partial charge in [0.15, 0.2) is 0 Å². The first-order valence-corrected chi connectivity index (χ1v) is 8.47. The summed E-state index contributed by atoms with van der Waals surface area (Å²) in [6, 6.07) is 2.12. The van der Waals surface area contributed by atoms with Gasteiger partial charge in [0, 0.05) is 6.42 Å². The van der Waals surface area contributed by atoms with Gasteiger partial charge in [-0.3, -0.25) is 4.79 Å². The molecule has 114 valence electrons. The summed E-state index contributed by atoms with van der Waals surface area (Å²) >= 11 is 0. The molecule has 6 nitrogen and oxygen atoms in total. The van der Waals surface area contributed by atoms with Crippen molar-refractivity contribution in [1.29, 1.82) is 5.26 Å². The maximum atomic E-state index is 12.0. The molecule has 0 spiro atoms. The molecule has 0 aliphatic heterocycles. The van der Waals surface area contributed by atoms with Crippen molar-refractivity contribution in [3.63, 3.8) is 0 Å². The van der Waals surface area contributed by atoms with E-state index in [1.807, 2.05) is 0 Å². The predicted octanol–water partition coefficient (Wildman–Crippen LogP) is 1.33. The van der Waals surface area contributed by atoms with Crippen molar-refractivity contribution < 1.29 is 17.9 Å². The summed E-state index contributed by atoms with van der Waals surface area (Å²) in [6.45, 7) is 2.10. The highest BCUT2D eigenvalue weighted by Gasteiger charge is 2.37. The number of nitrogens with zero attached hydrogens (tertiary/aromatic N) is 1. The number of methoxy groups -OCH3 is 1. The molecule has 0 unspecified atom stereocenters. The number of hydrogen-bond acceptors (Lipinski definition) is 5. The van der Waals surface area contributed by atoms with Crippen LogP contribution in [-0.4, -0.2) is 32.8 Å². The molecule has 0 aromatic rings. The van der Waals surface area contributed by atoms with Crippen molar-refractivity contribution in [1.82, 2.24) is 4.72 Å². The number of ether oxygens (including phenoxy) is 1. The van der Waals surface area contributed by atoms with Crippen LogP contribution in [0.5, 0.6) is 0 Å². The third-order valence-corrected chi connectivity index (χ3v) is 5.24. The van der Waals surface area contributed by atoms with Gasteiger partial charge in [0.2, 0.25) is 10.0 Å². The highest BCUT2D eigenvalue weighted by atomic mass is 32.2. The van der Waals surface area contributed by atoms with E-state index in [1.165, 1.54) is 7.11 Å². The van der Waals surface area contributed by atoms with Crippen LogP contribution in [0.3, 0.4) is 0 Å². The molecule has 0 saturated heterocycles. The first-order chi connectivity index (χ1) is 9.32. The Morgan fingerprint density at radius 2 is 2.05 bits per heavy atom. The number of rotatable bonds is 6. The van der Waals surface area contributed by atoms with Crippen molar-refractivity contribution in [2.75, 3.05) is 12.9 Å². The lowest BCUT2D eigenvalue weighted by molar-refractivity contribution is -0.140. The lowest BCUT2D eigenvalue weighted by atomic mass is 9.79. The molecule has 0 amide bonds. The second kappa shape index (κ2) is 7.04. The van der Waals surface area contributed by atoms with E-state index in [0.717, 1.165) is 12.8 Å². The van der Waals surface area contributed by atoms with E-state index in [2.05, 4.69) is 22.5 Å². The molecule has 1 aliphatic carbocycles. The predicted molar refractivity (Wildman–Crippen MR) is 74.1 cm³/mol. The highest BCUT2D eigenvalue weighted by Crippen LogP contribution is 2.32. The third-order valence-electron chi connectivity index (χ3n) is 3.71. The Morgan fingerprint density at radius 3 is 2.55 bits per heavy atom. The average Bonchev–Trinajstić information content (AvgIpc) is 2.41. The van der Waals surface area contributed by atoms with Gasteiger partial charge in [-0.25, -0.2) is 8.42 Å². The Kier molecular flexibility index (Phi) is 5.96. The lowest BCUT2D eigenvalue weighted by Crippen LogP contribution is -2.50. The molecular formula is C13H22N2O4S. The largest absolute Gasteiger partial charge is 0.469 e. The molecule has 1 fully saturated rings.